The molecule has 23 heavy (non-hydrogen) atoms. The zero-order valence-corrected chi connectivity index (χ0v) is 13.0. The monoisotopic (exact) mass is 304 g/mol. The Balaban J connectivity index is 1.75. The van der Waals surface area contributed by atoms with Gasteiger partial charge in [-0.2, -0.15) is 5.10 Å². The first-order valence-electron chi connectivity index (χ1n) is 8.10. The van der Waals surface area contributed by atoms with Gasteiger partial charge in [0.25, 0.3) is 0 Å². The summed E-state index contributed by atoms with van der Waals surface area (Å²) in [6.07, 6.45) is 7.84. The molecule has 0 aliphatic carbocycles. The van der Waals surface area contributed by atoms with Gasteiger partial charge in [-0.25, -0.2) is 0 Å². The second-order valence-electron chi connectivity index (χ2n) is 6.11. The van der Waals surface area contributed by atoms with Gasteiger partial charge in [-0.3, -0.25) is 10.1 Å². The van der Waals surface area contributed by atoms with E-state index in [1.54, 1.807) is 0 Å². The van der Waals surface area contributed by atoms with Crippen molar-refractivity contribution < 1.29 is 0 Å². The largest absolute Gasteiger partial charge is 0.317 e. The van der Waals surface area contributed by atoms with E-state index in [4.69, 9.17) is 0 Å². The van der Waals surface area contributed by atoms with E-state index in [-0.39, 0.29) is 5.41 Å². The van der Waals surface area contributed by atoms with Crippen molar-refractivity contribution in [3.63, 3.8) is 0 Å². The lowest BCUT2D eigenvalue weighted by atomic mass is 9.70. The van der Waals surface area contributed by atoms with Crippen LogP contribution >= 0.6 is 0 Å². The third kappa shape index (κ3) is 2.55. The minimum absolute atomic E-state index is 0.0153. The molecule has 0 unspecified atom stereocenters. The fourth-order valence-corrected chi connectivity index (χ4v) is 3.58. The minimum Gasteiger partial charge on any atom is -0.317 e. The molecule has 2 N–H and O–H groups in total. The van der Waals surface area contributed by atoms with Crippen LogP contribution in [0.25, 0.3) is 11.1 Å². The SMILES string of the molecule is c1ccc(C2(c3ccc(-c4cn[nH]c4)cc3)CCNCC2)nc1. The second-order valence-corrected chi connectivity index (χ2v) is 6.11. The first-order valence-corrected chi connectivity index (χ1v) is 8.10. The highest BCUT2D eigenvalue weighted by Crippen LogP contribution is 2.39. The molecule has 1 aliphatic rings. The topological polar surface area (TPSA) is 53.6 Å². The summed E-state index contributed by atoms with van der Waals surface area (Å²) in [5, 5.41) is 10.4. The van der Waals surface area contributed by atoms with Crippen LogP contribution in [-0.4, -0.2) is 28.3 Å². The van der Waals surface area contributed by atoms with Crippen molar-refractivity contribution in [1.29, 1.82) is 0 Å². The zero-order valence-electron chi connectivity index (χ0n) is 13.0. The molecule has 0 atom stereocenters. The number of aromatic amines is 1. The Morgan fingerprint density at radius 3 is 2.39 bits per heavy atom. The van der Waals surface area contributed by atoms with Crippen molar-refractivity contribution in [3.05, 3.63) is 72.3 Å². The van der Waals surface area contributed by atoms with E-state index in [0.717, 1.165) is 31.5 Å². The molecule has 0 bridgehead atoms. The highest BCUT2D eigenvalue weighted by Gasteiger charge is 2.36. The third-order valence-corrected chi connectivity index (χ3v) is 4.88. The average Bonchev–Trinajstić information content (AvgIpc) is 3.18. The average molecular weight is 304 g/mol. The number of hydrogen-bond donors (Lipinski definition) is 2. The fraction of sp³-hybridized carbons (Fsp3) is 0.263. The van der Waals surface area contributed by atoms with Crippen LogP contribution in [0, 0.1) is 0 Å². The molecule has 0 saturated carbocycles. The molecular formula is C19H20N4. The van der Waals surface area contributed by atoms with Gasteiger partial charge in [0, 0.05) is 23.4 Å². The normalized spacial score (nSPS) is 17.0. The number of nitrogens with one attached hydrogen (secondary N) is 2. The molecule has 116 valence electrons. The second kappa shape index (κ2) is 5.97. The molecule has 4 nitrogen and oxygen atoms in total. The third-order valence-electron chi connectivity index (χ3n) is 4.88. The Bertz CT molecular complexity index is 742. The van der Waals surface area contributed by atoms with Gasteiger partial charge in [-0.05, 0) is 49.2 Å². The van der Waals surface area contributed by atoms with Crippen LogP contribution in [0.2, 0.25) is 0 Å². The van der Waals surface area contributed by atoms with Crippen LogP contribution in [0.3, 0.4) is 0 Å². The first kappa shape index (κ1) is 14.2. The molecule has 3 heterocycles. The predicted molar refractivity (Wildman–Crippen MR) is 91.1 cm³/mol. The van der Waals surface area contributed by atoms with Crippen LogP contribution < -0.4 is 5.32 Å². The maximum absolute atomic E-state index is 4.68. The summed E-state index contributed by atoms with van der Waals surface area (Å²) in [6, 6.07) is 15.1. The number of hydrogen-bond acceptors (Lipinski definition) is 3. The van der Waals surface area contributed by atoms with Crippen molar-refractivity contribution in [2.75, 3.05) is 13.1 Å². The Labute approximate surface area is 136 Å². The summed E-state index contributed by atoms with van der Waals surface area (Å²) < 4.78 is 0. The van der Waals surface area contributed by atoms with Gasteiger partial charge in [0.1, 0.15) is 0 Å². The number of piperidine rings is 1. The molecule has 0 amide bonds. The molecule has 1 aromatic carbocycles. The number of nitrogens with zero attached hydrogens (tertiary/aromatic N) is 2. The summed E-state index contributed by atoms with van der Waals surface area (Å²) in [7, 11) is 0. The van der Waals surface area contributed by atoms with Crippen molar-refractivity contribution in [3.8, 4) is 11.1 Å². The Morgan fingerprint density at radius 2 is 1.74 bits per heavy atom. The standard InChI is InChI=1S/C19H20N4/c1-2-10-21-18(3-1)19(8-11-20-12-9-19)17-6-4-15(5-7-17)16-13-22-23-14-16/h1-7,10,13-14,20H,8-9,11-12H2,(H,22,23). The summed E-state index contributed by atoms with van der Waals surface area (Å²) in [4.78, 5) is 4.68. The molecule has 3 aromatic rings. The predicted octanol–water partition coefficient (Wildman–Crippen LogP) is 3.14. The van der Waals surface area contributed by atoms with Gasteiger partial charge in [0.05, 0.1) is 11.9 Å². The molecule has 1 fully saturated rings. The van der Waals surface area contributed by atoms with E-state index in [1.165, 1.54) is 16.8 Å². The van der Waals surface area contributed by atoms with E-state index >= 15 is 0 Å². The molecule has 1 saturated heterocycles. The van der Waals surface area contributed by atoms with Crippen LogP contribution in [0.4, 0.5) is 0 Å². The lowest BCUT2D eigenvalue weighted by molar-refractivity contribution is 0.354. The number of pyridine rings is 1. The lowest BCUT2D eigenvalue weighted by Crippen LogP contribution is -2.41. The Morgan fingerprint density at radius 1 is 0.913 bits per heavy atom. The molecule has 4 rings (SSSR count). The van der Waals surface area contributed by atoms with Gasteiger partial charge in [0.15, 0.2) is 0 Å². The van der Waals surface area contributed by atoms with Gasteiger partial charge in [-0.15, -0.1) is 0 Å². The Kier molecular flexibility index (Phi) is 3.67. The van der Waals surface area contributed by atoms with Crippen molar-refractivity contribution >= 4 is 0 Å². The Hall–Kier alpha value is -2.46. The summed E-state index contributed by atoms with van der Waals surface area (Å²) >= 11 is 0. The summed E-state index contributed by atoms with van der Waals surface area (Å²) in [6.45, 7) is 2.06. The highest BCUT2D eigenvalue weighted by atomic mass is 15.1. The van der Waals surface area contributed by atoms with Crippen molar-refractivity contribution in [2.45, 2.75) is 18.3 Å². The number of aromatic nitrogens is 3. The van der Waals surface area contributed by atoms with E-state index in [0.29, 0.717) is 0 Å². The summed E-state index contributed by atoms with van der Waals surface area (Å²) in [5.74, 6) is 0. The van der Waals surface area contributed by atoms with Gasteiger partial charge in [0.2, 0.25) is 0 Å². The van der Waals surface area contributed by atoms with Crippen LogP contribution in [0.5, 0.6) is 0 Å². The zero-order chi connectivity index (χ0) is 15.5. The van der Waals surface area contributed by atoms with E-state index in [1.807, 2.05) is 24.7 Å². The molecule has 0 spiro atoms. The molecular weight excluding hydrogens is 284 g/mol. The quantitative estimate of drug-likeness (QED) is 0.781. The molecule has 0 radical (unpaired) electrons. The fourth-order valence-electron chi connectivity index (χ4n) is 3.58. The van der Waals surface area contributed by atoms with E-state index in [2.05, 4.69) is 56.9 Å². The smallest absolute Gasteiger partial charge is 0.0565 e. The van der Waals surface area contributed by atoms with Gasteiger partial charge >= 0.3 is 0 Å². The number of benzene rings is 1. The summed E-state index contributed by atoms with van der Waals surface area (Å²) in [5.41, 5.74) is 4.85. The first-order chi connectivity index (χ1) is 11.4. The minimum atomic E-state index is 0.0153. The lowest BCUT2D eigenvalue weighted by Gasteiger charge is -2.38. The number of rotatable bonds is 3. The van der Waals surface area contributed by atoms with Crippen molar-refractivity contribution in [2.24, 2.45) is 0 Å². The molecule has 4 heteroatoms. The van der Waals surface area contributed by atoms with E-state index in [9.17, 15) is 0 Å². The van der Waals surface area contributed by atoms with Crippen LogP contribution in [0.1, 0.15) is 24.1 Å². The van der Waals surface area contributed by atoms with Gasteiger partial charge < -0.3 is 5.32 Å². The van der Waals surface area contributed by atoms with Crippen molar-refractivity contribution in [1.82, 2.24) is 20.5 Å². The maximum atomic E-state index is 4.68. The number of H-pyrrole nitrogens is 1. The van der Waals surface area contributed by atoms with E-state index < -0.39 is 0 Å². The molecule has 1 aliphatic heterocycles. The molecule has 2 aromatic heterocycles. The van der Waals surface area contributed by atoms with Crippen LogP contribution in [0.15, 0.2) is 61.1 Å². The van der Waals surface area contributed by atoms with Crippen LogP contribution in [-0.2, 0) is 5.41 Å². The highest BCUT2D eigenvalue weighted by molar-refractivity contribution is 5.62. The van der Waals surface area contributed by atoms with Gasteiger partial charge in [-0.1, -0.05) is 30.3 Å². The maximum Gasteiger partial charge on any atom is 0.0565 e.